The Labute approximate surface area is 121 Å². The van der Waals surface area contributed by atoms with E-state index in [-0.39, 0.29) is 0 Å². The van der Waals surface area contributed by atoms with E-state index in [0.29, 0.717) is 6.54 Å². The fraction of sp³-hybridized carbons (Fsp3) is 0.846. The predicted octanol–water partition coefficient (Wildman–Crippen LogP) is -0.0953. The number of ether oxygens (including phenoxy) is 1. The lowest BCUT2D eigenvalue weighted by molar-refractivity contribution is -0.120. The van der Waals surface area contributed by atoms with Gasteiger partial charge in [-0.15, -0.1) is 0 Å². The predicted molar refractivity (Wildman–Crippen MR) is 78.4 cm³/mol. The number of carbonyl (C=O) groups excluding carboxylic acids is 2. The second kappa shape index (κ2) is 8.06. The van der Waals surface area contributed by atoms with E-state index in [2.05, 4.69) is 10.6 Å². The fourth-order valence-corrected chi connectivity index (χ4v) is 1.54. The van der Waals surface area contributed by atoms with Gasteiger partial charge in [0.25, 0.3) is 0 Å². The van der Waals surface area contributed by atoms with E-state index >= 15 is 0 Å². The SMILES string of the molecule is CC(NC(=O)OC(C)(C)C)C(NCCN(C)C)C(N)=O. The normalized spacial score (nSPS) is 14.8. The molecular formula is C13H28N4O3. The minimum atomic E-state index is -0.637. The van der Waals surface area contributed by atoms with Gasteiger partial charge < -0.3 is 26.0 Å². The Morgan fingerprint density at radius 3 is 2.25 bits per heavy atom. The average molecular weight is 288 g/mol. The molecule has 0 radical (unpaired) electrons. The van der Waals surface area contributed by atoms with E-state index in [9.17, 15) is 9.59 Å². The summed E-state index contributed by atoms with van der Waals surface area (Å²) in [5.74, 6) is -0.507. The quantitative estimate of drug-likeness (QED) is 0.608. The number of amides is 2. The van der Waals surface area contributed by atoms with Gasteiger partial charge in [0, 0.05) is 13.1 Å². The molecule has 0 bridgehead atoms. The number of rotatable bonds is 7. The van der Waals surface area contributed by atoms with Crippen molar-refractivity contribution in [2.45, 2.75) is 45.4 Å². The zero-order valence-electron chi connectivity index (χ0n) is 13.3. The zero-order valence-corrected chi connectivity index (χ0v) is 13.3. The minimum Gasteiger partial charge on any atom is -0.444 e. The van der Waals surface area contributed by atoms with E-state index in [1.54, 1.807) is 27.7 Å². The van der Waals surface area contributed by atoms with Gasteiger partial charge in [-0.25, -0.2) is 4.79 Å². The van der Waals surface area contributed by atoms with Gasteiger partial charge in [-0.3, -0.25) is 4.79 Å². The largest absolute Gasteiger partial charge is 0.444 e. The molecule has 0 aromatic carbocycles. The van der Waals surface area contributed by atoms with E-state index < -0.39 is 29.7 Å². The molecule has 0 rings (SSSR count). The lowest BCUT2D eigenvalue weighted by Gasteiger charge is -2.26. The minimum absolute atomic E-state index is 0.454. The summed E-state index contributed by atoms with van der Waals surface area (Å²) < 4.78 is 5.14. The van der Waals surface area contributed by atoms with Crippen LogP contribution in [0.2, 0.25) is 0 Å². The smallest absolute Gasteiger partial charge is 0.407 e. The number of hydrogen-bond donors (Lipinski definition) is 3. The fourth-order valence-electron chi connectivity index (χ4n) is 1.54. The molecule has 7 nitrogen and oxygen atoms in total. The maximum atomic E-state index is 11.7. The summed E-state index contributed by atoms with van der Waals surface area (Å²) >= 11 is 0. The van der Waals surface area contributed by atoms with Crippen molar-refractivity contribution in [1.29, 1.82) is 0 Å². The van der Waals surface area contributed by atoms with Crippen LogP contribution in [-0.2, 0) is 9.53 Å². The van der Waals surface area contributed by atoms with Crippen LogP contribution in [0.25, 0.3) is 0 Å². The van der Waals surface area contributed by atoms with Crippen LogP contribution in [0, 0.1) is 0 Å². The van der Waals surface area contributed by atoms with Crippen LogP contribution in [0.4, 0.5) is 4.79 Å². The van der Waals surface area contributed by atoms with Gasteiger partial charge in [0.15, 0.2) is 0 Å². The number of carbonyl (C=O) groups is 2. The van der Waals surface area contributed by atoms with Gasteiger partial charge in [0.2, 0.25) is 5.91 Å². The molecular weight excluding hydrogens is 260 g/mol. The molecule has 0 saturated carbocycles. The second-order valence-electron chi connectivity index (χ2n) is 6.07. The molecule has 4 N–H and O–H groups in total. The van der Waals surface area contributed by atoms with Crippen molar-refractivity contribution in [3.8, 4) is 0 Å². The van der Waals surface area contributed by atoms with Gasteiger partial charge in [-0.2, -0.15) is 0 Å². The number of likely N-dealkylation sites (N-methyl/N-ethyl adjacent to an activating group) is 1. The molecule has 0 aromatic rings. The molecule has 118 valence electrons. The van der Waals surface area contributed by atoms with Gasteiger partial charge in [0.1, 0.15) is 11.6 Å². The Balaban J connectivity index is 4.39. The zero-order chi connectivity index (χ0) is 15.9. The van der Waals surface area contributed by atoms with E-state index in [1.165, 1.54) is 0 Å². The third kappa shape index (κ3) is 8.71. The summed E-state index contributed by atoms with van der Waals surface area (Å²) in [6.45, 7) is 8.40. The third-order valence-corrected chi connectivity index (χ3v) is 2.47. The maximum Gasteiger partial charge on any atom is 0.407 e. The van der Waals surface area contributed by atoms with E-state index in [0.717, 1.165) is 6.54 Å². The highest BCUT2D eigenvalue weighted by molar-refractivity contribution is 5.81. The van der Waals surface area contributed by atoms with Crippen LogP contribution in [-0.4, -0.2) is 61.8 Å². The summed E-state index contributed by atoms with van der Waals surface area (Å²) in [5, 5.41) is 5.65. The molecule has 20 heavy (non-hydrogen) atoms. The standard InChI is InChI=1S/C13H28N4O3/c1-9(16-12(19)20-13(2,3)4)10(11(14)18)15-7-8-17(5)6/h9-10,15H,7-8H2,1-6H3,(H2,14,18)(H,16,19). The number of nitrogens with one attached hydrogen (secondary N) is 2. The first-order valence-corrected chi connectivity index (χ1v) is 6.70. The molecule has 2 amide bonds. The molecule has 0 spiro atoms. The van der Waals surface area contributed by atoms with Crippen molar-refractivity contribution in [3.05, 3.63) is 0 Å². The van der Waals surface area contributed by atoms with Crippen LogP contribution < -0.4 is 16.4 Å². The Kier molecular flexibility index (Phi) is 7.52. The first-order chi connectivity index (χ1) is 9.03. The highest BCUT2D eigenvalue weighted by atomic mass is 16.6. The highest BCUT2D eigenvalue weighted by Gasteiger charge is 2.25. The molecule has 0 aliphatic carbocycles. The first-order valence-electron chi connectivity index (χ1n) is 6.70. The molecule has 2 unspecified atom stereocenters. The number of nitrogens with zero attached hydrogens (tertiary/aromatic N) is 1. The molecule has 2 atom stereocenters. The van der Waals surface area contributed by atoms with Crippen molar-refractivity contribution in [3.63, 3.8) is 0 Å². The van der Waals surface area contributed by atoms with Crippen molar-refractivity contribution in [2.75, 3.05) is 27.2 Å². The summed E-state index contributed by atoms with van der Waals surface area (Å²) in [4.78, 5) is 25.1. The van der Waals surface area contributed by atoms with Crippen LogP contribution in [0.1, 0.15) is 27.7 Å². The molecule has 7 heteroatoms. The van der Waals surface area contributed by atoms with Gasteiger partial charge in [-0.05, 0) is 41.8 Å². The average Bonchev–Trinajstić information content (AvgIpc) is 2.19. The molecule has 0 heterocycles. The lowest BCUT2D eigenvalue weighted by atomic mass is 10.1. The number of alkyl carbamates (subject to hydrolysis) is 1. The lowest BCUT2D eigenvalue weighted by Crippen LogP contribution is -2.56. The first kappa shape index (κ1) is 18.7. The molecule has 0 aliphatic heterocycles. The Hall–Kier alpha value is -1.34. The van der Waals surface area contributed by atoms with Crippen molar-refractivity contribution in [2.24, 2.45) is 5.73 Å². The van der Waals surface area contributed by atoms with Gasteiger partial charge >= 0.3 is 6.09 Å². The van der Waals surface area contributed by atoms with Gasteiger partial charge in [-0.1, -0.05) is 0 Å². The number of primary amides is 1. The topological polar surface area (TPSA) is 96.7 Å². The van der Waals surface area contributed by atoms with Crippen molar-refractivity contribution >= 4 is 12.0 Å². The Morgan fingerprint density at radius 1 is 1.30 bits per heavy atom. The van der Waals surface area contributed by atoms with Crippen LogP contribution >= 0.6 is 0 Å². The summed E-state index contributed by atoms with van der Waals surface area (Å²) in [6, 6.07) is -1.09. The third-order valence-electron chi connectivity index (χ3n) is 2.47. The monoisotopic (exact) mass is 288 g/mol. The summed E-state index contributed by atoms with van der Waals surface area (Å²) in [6.07, 6.45) is -0.564. The van der Waals surface area contributed by atoms with Crippen LogP contribution in [0.3, 0.4) is 0 Å². The molecule has 0 aromatic heterocycles. The summed E-state index contributed by atoms with van der Waals surface area (Å²) in [5.41, 5.74) is 4.77. The van der Waals surface area contributed by atoms with E-state index in [4.69, 9.17) is 10.5 Å². The van der Waals surface area contributed by atoms with Crippen LogP contribution in [0.5, 0.6) is 0 Å². The second-order valence-corrected chi connectivity index (χ2v) is 6.07. The highest BCUT2D eigenvalue weighted by Crippen LogP contribution is 2.07. The van der Waals surface area contributed by atoms with Crippen LogP contribution in [0.15, 0.2) is 0 Å². The van der Waals surface area contributed by atoms with Gasteiger partial charge in [0.05, 0.1) is 6.04 Å². The number of nitrogens with two attached hydrogens (primary N) is 1. The van der Waals surface area contributed by atoms with E-state index in [1.807, 2.05) is 19.0 Å². The maximum absolute atomic E-state index is 11.7. The molecule has 0 fully saturated rings. The molecule has 0 saturated heterocycles. The molecule has 0 aliphatic rings. The summed E-state index contributed by atoms with van der Waals surface area (Å²) in [7, 11) is 3.87. The van der Waals surface area contributed by atoms with Crippen molar-refractivity contribution < 1.29 is 14.3 Å². The Bertz CT molecular complexity index is 326. The van der Waals surface area contributed by atoms with Crippen molar-refractivity contribution in [1.82, 2.24) is 15.5 Å². The Morgan fingerprint density at radius 2 is 1.85 bits per heavy atom. The number of hydrogen-bond acceptors (Lipinski definition) is 5.